The second kappa shape index (κ2) is 4.94. The van der Waals surface area contributed by atoms with Crippen molar-refractivity contribution in [1.29, 1.82) is 0 Å². The highest BCUT2D eigenvalue weighted by Gasteiger charge is 2.31. The molecule has 0 heterocycles. The van der Waals surface area contributed by atoms with Crippen molar-refractivity contribution in [3.63, 3.8) is 0 Å². The Morgan fingerprint density at radius 3 is 2.00 bits per heavy atom. The summed E-state index contributed by atoms with van der Waals surface area (Å²) in [6.07, 6.45) is 19.2. The molecule has 0 aromatic heterocycles. The zero-order valence-corrected chi connectivity index (χ0v) is 11.2. The van der Waals surface area contributed by atoms with Gasteiger partial charge in [0.1, 0.15) is 0 Å². The third-order valence-electron chi connectivity index (χ3n) is 5.05. The molecule has 0 bridgehead atoms. The molecule has 0 aliphatic heterocycles. The standard InChI is InChI=1S/C16H28/c1-15(11-7-12-15)9-5-3-4-6-10-16(2)13-8-14-16/h3,5H,4,6-14H2,1-2H3/b5-3-. The van der Waals surface area contributed by atoms with Gasteiger partial charge in [0.25, 0.3) is 0 Å². The molecule has 0 saturated heterocycles. The van der Waals surface area contributed by atoms with Gasteiger partial charge in [-0.3, -0.25) is 0 Å². The highest BCUT2D eigenvalue weighted by atomic mass is 14.4. The monoisotopic (exact) mass is 220 g/mol. The van der Waals surface area contributed by atoms with E-state index in [-0.39, 0.29) is 0 Å². The summed E-state index contributed by atoms with van der Waals surface area (Å²) in [4.78, 5) is 0. The third-order valence-corrected chi connectivity index (χ3v) is 5.05. The molecule has 0 spiro atoms. The van der Waals surface area contributed by atoms with Crippen molar-refractivity contribution >= 4 is 0 Å². The first-order chi connectivity index (χ1) is 7.62. The zero-order valence-electron chi connectivity index (χ0n) is 11.2. The molecular formula is C16H28. The van der Waals surface area contributed by atoms with Crippen molar-refractivity contribution in [2.24, 2.45) is 10.8 Å². The molecule has 0 aromatic carbocycles. The van der Waals surface area contributed by atoms with Crippen LogP contribution in [0.15, 0.2) is 12.2 Å². The largest absolute Gasteiger partial charge is 0.0885 e. The summed E-state index contributed by atoms with van der Waals surface area (Å²) in [5, 5.41) is 0. The molecule has 0 heteroatoms. The lowest BCUT2D eigenvalue weighted by Crippen LogP contribution is -2.25. The first-order valence-corrected chi connectivity index (χ1v) is 7.27. The zero-order chi connectivity index (χ0) is 11.5. The van der Waals surface area contributed by atoms with Crippen molar-refractivity contribution < 1.29 is 0 Å². The van der Waals surface area contributed by atoms with E-state index in [0.29, 0.717) is 5.41 Å². The minimum absolute atomic E-state index is 0.677. The average Bonchev–Trinajstić information content (AvgIpc) is 2.18. The van der Waals surface area contributed by atoms with E-state index < -0.39 is 0 Å². The highest BCUT2D eigenvalue weighted by molar-refractivity contribution is 4.93. The molecule has 16 heavy (non-hydrogen) atoms. The lowest BCUT2D eigenvalue weighted by atomic mass is 9.67. The Hall–Kier alpha value is -0.260. The van der Waals surface area contributed by atoms with Crippen LogP contribution in [0.3, 0.4) is 0 Å². The Morgan fingerprint density at radius 2 is 1.50 bits per heavy atom. The normalized spacial score (nSPS) is 26.4. The number of rotatable bonds is 6. The van der Waals surface area contributed by atoms with Gasteiger partial charge in [0.05, 0.1) is 0 Å². The van der Waals surface area contributed by atoms with Gasteiger partial charge in [-0.05, 0) is 62.2 Å². The Morgan fingerprint density at radius 1 is 0.875 bits per heavy atom. The fraction of sp³-hybridized carbons (Fsp3) is 0.875. The molecule has 0 aromatic rings. The van der Waals surface area contributed by atoms with E-state index in [2.05, 4.69) is 26.0 Å². The van der Waals surface area contributed by atoms with Gasteiger partial charge in [-0.15, -0.1) is 0 Å². The summed E-state index contributed by atoms with van der Waals surface area (Å²) in [5.74, 6) is 0. The molecule has 0 atom stereocenters. The maximum absolute atomic E-state index is 2.47. The lowest BCUT2D eigenvalue weighted by Gasteiger charge is -2.38. The first kappa shape index (κ1) is 12.2. The van der Waals surface area contributed by atoms with Crippen LogP contribution in [0.4, 0.5) is 0 Å². The van der Waals surface area contributed by atoms with Crippen LogP contribution in [0.25, 0.3) is 0 Å². The molecular weight excluding hydrogens is 192 g/mol. The number of allylic oxidation sites excluding steroid dienone is 2. The molecule has 2 aliphatic carbocycles. The molecule has 2 saturated carbocycles. The Labute approximate surface area is 102 Å². The molecule has 2 fully saturated rings. The molecule has 0 unspecified atom stereocenters. The summed E-state index contributed by atoms with van der Waals surface area (Å²) in [6.45, 7) is 4.91. The van der Waals surface area contributed by atoms with Gasteiger partial charge in [-0.2, -0.15) is 0 Å². The molecule has 0 radical (unpaired) electrons. The molecule has 92 valence electrons. The van der Waals surface area contributed by atoms with Gasteiger partial charge < -0.3 is 0 Å². The number of hydrogen-bond donors (Lipinski definition) is 0. The van der Waals surface area contributed by atoms with Crippen LogP contribution in [0.2, 0.25) is 0 Å². The second-order valence-corrected chi connectivity index (χ2v) is 6.90. The Balaban J connectivity index is 1.52. The van der Waals surface area contributed by atoms with Gasteiger partial charge in [0, 0.05) is 0 Å². The Bertz CT molecular complexity index is 241. The third kappa shape index (κ3) is 3.12. The molecule has 2 aliphatic rings. The van der Waals surface area contributed by atoms with Crippen molar-refractivity contribution in [3.05, 3.63) is 12.2 Å². The fourth-order valence-corrected chi connectivity index (χ4v) is 3.15. The minimum atomic E-state index is 0.677. The van der Waals surface area contributed by atoms with Crippen molar-refractivity contribution in [2.45, 2.75) is 78.1 Å². The summed E-state index contributed by atoms with van der Waals surface area (Å²) in [7, 11) is 0. The SMILES string of the molecule is CC1(C/C=C\CCCC2(C)CCC2)CCC1. The van der Waals surface area contributed by atoms with Crippen LogP contribution in [-0.4, -0.2) is 0 Å². The molecule has 0 nitrogen and oxygen atoms in total. The van der Waals surface area contributed by atoms with Crippen LogP contribution in [0.1, 0.15) is 78.1 Å². The van der Waals surface area contributed by atoms with Gasteiger partial charge >= 0.3 is 0 Å². The number of unbranched alkanes of at least 4 members (excludes halogenated alkanes) is 1. The average molecular weight is 220 g/mol. The van der Waals surface area contributed by atoms with E-state index in [1.165, 1.54) is 64.2 Å². The van der Waals surface area contributed by atoms with Gasteiger partial charge in [0.15, 0.2) is 0 Å². The summed E-state index contributed by atoms with van der Waals surface area (Å²) >= 11 is 0. The molecule has 2 rings (SSSR count). The summed E-state index contributed by atoms with van der Waals surface area (Å²) in [6, 6.07) is 0. The predicted octanol–water partition coefficient (Wildman–Crippen LogP) is 5.48. The van der Waals surface area contributed by atoms with Crippen LogP contribution >= 0.6 is 0 Å². The summed E-state index contributed by atoms with van der Waals surface area (Å²) < 4.78 is 0. The maximum atomic E-state index is 2.47. The fourth-order valence-electron chi connectivity index (χ4n) is 3.15. The predicted molar refractivity (Wildman–Crippen MR) is 71.5 cm³/mol. The van der Waals surface area contributed by atoms with Crippen LogP contribution in [0.5, 0.6) is 0 Å². The topological polar surface area (TPSA) is 0 Å². The minimum Gasteiger partial charge on any atom is -0.0885 e. The van der Waals surface area contributed by atoms with E-state index >= 15 is 0 Å². The Kier molecular flexibility index (Phi) is 3.77. The van der Waals surface area contributed by atoms with Crippen molar-refractivity contribution in [3.8, 4) is 0 Å². The van der Waals surface area contributed by atoms with Gasteiger partial charge in [-0.1, -0.05) is 38.8 Å². The smallest absolute Gasteiger partial charge is 0.0291 e. The summed E-state index contributed by atoms with van der Waals surface area (Å²) in [5.41, 5.74) is 1.41. The lowest BCUT2D eigenvalue weighted by molar-refractivity contribution is 0.143. The van der Waals surface area contributed by atoms with Crippen molar-refractivity contribution in [2.75, 3.05) is 0 Å². The van der Waals surface area contributed by atoms with E-state index in [4.69, 9.17) is 0 Å². The second-order valence-electron chi connectivity index (χ2n) is 6.90. The van der Waals surface area contributed by atoms with E-state index in [0.717, 1.165) is 5.41 Å². The van der Waals surface area contributed by atoms with Gasteiger partial charge in [0.2, 0.25) is 0 Å². The quantitative estimate of drug-likeness (QED) is 0.410. The van der Waals surface area contributed by atoms with E-state index in [9.17, 15) is 0 Å². The van der Waals surface area contributed by atoms with Gasteiger partial charge in [-0.25, -0.2) is 0 Å². The maximum Gasteiger partial charge on any atom is -0.0291 e. The molecule has 0 N–H and O–H groups in total. The molecule has 0 amide bonds. The van der Waals surface area contributed by atoms with E-state index in [1.54, 1.807) is 0 Å². The van der Waals surface area contributed by atoms with Crippen LogP contribution in [0, 0.1) is 10.8 Å². The van der Waals surface area contributed by atoms with E-state index in [1.807, 2.05) is 0 Å². The first-order valence-electron chi connectivity index (χ1n) is 7.27. The van der Waals surface area contributed by atoms with Crippen molar-refractivity contribution in [1.82, 2.24) is 0 Å². The highest BCUT2D eigenvalue weighted by Crippen LogP contribution is 2.45. The van der Waals surface area contributed by atoms with Crippen LogP contribution in [-0.2, 0) is 0 Å². The number of hydrogen-bond acceptors (Lipinski definition) is 0. The van der Waals surface area contributed by atoms with Crippen LogP contribution < -0.4 is 0 Å².